The van der Waals surface area contributed by atoms with Crippen LogP contribution in [0.4, 0.5) is 0 Å². The van der Waals surface area contributed by atoms with Crippen LogP contribution < -0.4 is 4.57 Å². The number of carbonyl (C=O) groups is 1. The summed E-state index contributed by atoms with van der Waals surface area (Å²) in [5.41, 5.74) is 0. The van der Waals surface area contributed by atoms with Gasteiger partial charge in [-0.05, 0) is 20.3 Å². The van der Waals surface area contributed by atoms with Crippen LogP contribution in [0.25, 0.3) is 0 Å². The van der Waals surface area contributed by atoms with Crippen LogP contribution in [0.15, 0.2) is 12.4 Å². The van der Waals surface area contributed by atoms with E-state index in [0.717, 1.165) is 6.42 Å². The largest absolute Gasteiger partial charge is 0.461 e. The predicted octanol–water partition coefficient (Wildman–Crippen LogP) is 1.02. The van der Waals surface area contributed by atoms with Crippen molar-refractivity contribution in [2.75, 3.05) is 19.8 Å². The number of aryl methyl sites for hydroxylation is 1. The molecule has 6 nitrogen and oxygen atoms in total. The number of imidazole rings is 1. The van der Waals surface area contributed by atoms with Gasteiger partial charge < -0.3 is 14.2 Å². The minimum Gasteiger partial charge on any atom is -0.461 e. The molecule has 108 valence electrons. The SMILES string of the molecule is CCCOC(OCC)(C(=O)OCC)c1[nH]cc[n+]1C. The van der Waals surface area contributed by atoms with Gasteiger partial charge in [-0.1, -0.05) is 6.92 Å². The number of hydrogen-bond acceptors (Lipinski definition) is 4. The van der Waals surface area contributed by atoms with E-state index in [1.54, 1.807) is 23.9 Å². The monoisotopic (exact) mass is 271 g/mol. The highest BCUT2D eigenvalue weighted by Crippen LogP contribution is 2.26. The van der Waals surface area contributed by atoms with E-state index >= 15 is 0 Å². The molecule has 0 spiro atoms. The Morgan fingerprint density at radius 2 is 2.05 bits per heavy atom. The van der Waals surface area contributed by atoms with Crippen LogP contribution in [0.3, 0.4) is 0 Å². The number of carbonyl (C=O) groups excluding carboxylic acids is 1. The zero-order chi connectivity index (χ0) is 14.3. The third-order valence-electron chi connectivity index (χ3n) is 2.58. The average molecular weight is 271 g/mol. The van der Waals surface area contributed by atoms with Gasteiger partial charge in [-0.2, -0.15) is 0 Å². The molecular formula is C13H23N2O4+. The minimum absolute atomic E-state index is 0.271. The molecule has 0 bridgehead atoms. The number of rotatable bonds is 8. The lowest BCUT2D eigenvalue weighted by Gasteiger charge is -2.26. The van der Waals surface area contributed by atoms with Crippen molar-refractivity contribution in [1.82, 2.24) is 4.98 Å². The van der Waals surface area contributed by atoms with Gasteiger partial charge in [-0.25, -0.2) is 14.3 Å². The van der Waals surface area contributed by atoms with E-state index in [9.17, 15) is 4.79 Å². The number of esters is 1. The molecule has 1 rings (SSSR count). The van der Waals surface area contributed by atoms with Crippen LogP contribution in [0.1, 0.15) is 33.0 Å². The highest BCUT2D eigenvalue weighted by atomic mass is 16.7. The molecule has 1 aromatic heterocycles. The average Bonchev–Trinajstić information content (AvgIpc) is 2.81. The van der Waals surface area contributed by atoms with Crippen molar-refractivity contribution in [2.45, 2.75) is 33.0 Å². The molecule has 0 amide bonds. The standard InChI is InChI=1S/C13H22N2O4/c1-5-10-19-13(18-7-3,12(16)17-6-2)11-14-8-9-15(11)4/h8-9H,5-7,10H2,1-4H3/p+1. The summed E-state index contributed by atoms with van der Waals surface area (Å²) in [7, 11) is 1.81. The first-order valence-corrected chi connectivity index (χ1v) is 6.60. The Labute approximate surface area is 113 Å². The zero-order valence-corrected chi connectivity index (χ0v) is 12.1. The van der Waals surface area contributed by atoms with Gasteiger partial charge >= 0.3 is 17.6 Å². The summed E-state index contributed by atoms with van der Waals surface area (Å²) in [6.07, 6.45) is 4.29. The number of H-pyrrole nitrogens is 1. The van der Waals surface area contributed by atoms with Crippen molar-refractivity contribution in [2.24, 2.45) is 7.05 Å². The number of nitrogens with zero attached hydrogens (tertiary/aromatic N) is 1. The Kier molecular flexibility index (Phi) is 5.98. The summed E-state index contributed by atoms with van der Waals surface area (Å²) < 4.78 is 18.2. The molecule has 1 N–H and O–H groups in total. The molecule has 0 aromatic carbocycles. The number of aromatic amines is 1. The first-order chi connectivity index (χ1) is 9.12. The predicted molar refractivity (Wildman–Crippen MR) is 68.1 cm³/mol. The van der Waals surface area contributed by atoms with Crippen LogP contribution in [0, 0.1) is 0 Å². The first kappa shape index (κ1) is 15.7. The Bertz CT molecular complexity index is 405. The fourth-order valence-corrected chi connectivity index (χ4v) is 1.80. The number of nitrogens with one attached hydrogen (secondary N) is 1. The Hall–Kier alpha value is -1.40. The maximum Gasteiger partial charge on any atom is 0.380 e. The van der Waals surface area contributed by atoms with E-state index in [4.69, 9.17) is 14.2 Å². The van der Waals surface area contributed by atoms with E-state index in [-0.39, 0.29) is 6.61 Å². The summed E-state index contributed by atoms with van der Waals surface area (Å²) in [4.78, 5) is 15.3. The molecule has 0 aliphatic heterocycles. The van der Waals surface area contributed by atoms with Crippen molar-refractivity contribution >= 4 is 5.97 Å². The van der Waals surface area contributed by atoms with Gasteiger partial charge in [0.05, 0.1) is 20.3 Å². The van der Waals surface area contributed by atoms with Crippen LogP contribution in [0.2, 0.25) is 0 Å². The number of hydrogen-bond donors (Lipinski definition) is 1. The quantitative estimate of drug-likeness (QED) is 0.435. The molecule has 0 aliphatic rings. The van der Waals surface area contributed by atoms with E-state index in [1.165, 1.54) is 0 Å². The van der Waals surface area contributed by atoms with Crippen LogP contribution >= 0.6 is 0 Å². The smallest absolute Gasteiger partial charge is 0.380 e. The van der Waals surface area contributed by atoms with Crippen LogP contribution in [-0.2, 0) is 31.8 Å². The van der Waals surface area contributed by atoms with Crippen LogP contribution in [-0.4, -0.2) is 30.8 Å². The highest BCUT2D eigenvalue weighted by Gasteiger charge is 2.52. The Morgan fingerprint density at radius 3 is 2.53 bits per heavy atom. The summed E-state index contributed by atoms with van der Waals surface area (Å²) in [5.74, 6) is -1.55. The minimum atomic E-state index is -1.53. The molecule has 0 saturated heterocycles. The third-order valence-corrected chi connectivity index (χ3v) is 2.58. The van der Waals surface area contributed by atoms with E-state index in [2.05, 4.69) is 4.98 Å². The van der Waals surface area contributed by atoms with Crippen molar-refractivity contribution in [3.05, 3.63) is 18.2 Å². The molecule has 1 atom stereocenters. The molecule has 0 radical (unpaired) electrons. The lowest BCUT2D eigenvalue weighted by Crippen LogP contribution is -2.51. The summed E-state index contributed by atoms with van der Waals surface area (Å²) >= 11 is 0. The first-order valence-electron chi connectivity index (χ1n) is 6.60. The Morgan fingerprint density at radius 1 is 1.32 bits per heavy atom. The third kappa shape index (κ3) is 3.33. The van der Waals surface area contributed by atoms with Crippen molar-refractivity contribution in [1.29, 1.82) is 0 Å². The molecule has 6 heteroatoms. The summed E-state index contributed by atoms with van der Waals surface area (Å²) in [5, 5.41) is 0. The number of ether oxygens (including phenoxy) is 3. The second-order valence-electron chi connectivity index (χ2n) is 4.04. The molecule has 0 fully saturated rings. The normalized spacial score (nSPS) is 14.1. The van der Waals surface area contributed by atoms with Crippen molar-refractivity contribution < 1.29 is 23.6 Å². The van der Waals surface area contributed by atoms with Gasteiger partial charge in [-0.3, -0.25) is 0 Å². The van der Waals surface area contributed by atoms with Gasteiger partial charge in [-0.15, -0.1) is 0 Å². The van der Waals surface area contributed by atoms with E-state index < -0.39 is 11.8 Å². The highest BCUT2D eigenvalue weighted by molar-refractivity contribution is 5.78. The Balaban J connectivity index is 3.18. The molecule has 0 saturated carbocycles. The lowest BCUT2D eigenvalue weighted by atomic mass is 10.2. The van der Waals surface area contributed by atoms with Gasteiger partial charge in [0.25, 0.3) is 0 Å². The second-order valence-corrected chi connectivity index (χ2v) is 4.04. The number of aromatic nitrogens is 2. The van der Waals surface area contributed by atoms with Crippen LogP contribution in [0.5, 0.6) is 0 Å². The van der Waals surface area contributed by atoms with E-state index in [0.29, 0.717) is 19.0 Å². The second kappa shape index (κ2) is 7.25. The summed E-state index contributed by atoms with van der Waals surface area (Å²) in [6, 6.07) is 0. The maximum absolute atomic E-state index is 12.3. The van der Waals surface area contributed by atoms with Gasteiger partial charge in [0, 0.05) is 6.61 Å². The molecule has 1 unspecified atom stereocenters. The van der Waals surface area contributed by atoms with Gasteiger partial charge in [0.2, 0.25) is 0 Å². The maximum atomic E-state index is 12.3. The zero-order valence-electron chi connectivity index (χ0n) is 12.1. The topological polar surface area (TPSA) is 64.4 Å². The molecule has 1 aromatic rings. The van der Waals surface area contributed by atoms with Crippen molar-refractivity contribution in [3.63, 3.8) is 0 Å². The molecule has 1 heterocycles. The molecular weight excluding hydrogens is 248 g/mol. The van der Waals surface area contributed by atoms with Gasteiger partial charge in [0.1, 0.15) is 12.4 Å². The molecule has 0 aliphatic carbocycles. The van der Waals surface area contributed by atoms with E-state index in [1.807, 2.05) is 20.9 Å². The molecule has 19 heavy (non-hydrogen) atoms. The lowest BCUT2D eigenvalue weighted by molar-refractivity contribution is -0.689. The van der Waals surface area contributed by atoms with Crippen molar-refractivity contribution in [3.8, 4) is 0 Å². The summed E-state index contributed by atoms with van der Waals surface area (Å²) in [6.45, 7) is 6.54. The van der Waals surface area contributed by atoms with Gasteiger partial charge in [0.15, 0.2) is 0 Å². The fourth-order valence-electron chi connectivity index (χ4n) is 1.80. The fraction of sp³-hybridized carbons (Fsp3) is 0.692.